The lowest BCUT2D eigenvalue weighted by atomic mass is 10.0. The highest BCUT2D eigenvalue weighted by Crippen LogP contribution is 2.38. The van der Waals surface area contributed by atoms with Crippen molar-refractivity contribution in [3.05, 3.63) is 58.7 Å². The van der Waals surface area contributed by atoms with Crippen molar-refractivity contribution >= 4 is 44.8 Å². The quantitative estimate of drug-likeness (QED) is 0.293. The molecule has 2 fully saturated rings. The monoisotopic (exact) mass is 626 g/mol. The average molecular weight is 627 g/mol. The molecule has 2 atom stereocenters. The molecule has 1 aromatic heterocycles. The fourth-order valence-corrected chi connectivity index (χ4v) is 8.39. The molecule has 3 aliphatic rings. The maximum absolute atomic E-state index is 13.4. The van der Waals surface area contributed by atoms with Gasteiger partial charge in [-0.2, -0.15) is 9.29 Å². The predicted octanol–water partition coefficient (Wildman–Crippen LogP) is 5.11. The van der Waals surface area contributed by atoms with Gasteiger partial charge in [0.15, 0.2) is 5.82 Å². The lowest BCUT2D eigenvalue weighted by Crippen LogP contribution is -2.44. The van der Waals surface area contributed by atoms with Gasteiger partial charge in [-0.1, -0.05) is 29.8 Å². The maximum atomic E-state index is 13.4. The molecule has 3 N–H and O–H groups in total. The van der Waals surface area contributed by atoms with Crippen molar-refractivity contribution in [1.82, 2.24) is 19.2 Å². The zero-order chi connectivity index (χ0) is 30.0. The number of halogens is 1. The van der Waals surface area contributed by atoms with E-state index in [-0.39, 0.29) is 16.0 Å². The summed E-state index contributed by atoms with van der Waals surface area (Å²) in [6.07, 6.45) is 8.80. The summed E-state index contributed by atoms with van der Waals surface area (Å²) in [4.78, 5) is 11.6. The molecule has 3 aromatic rings. The van der Waals surface area contributed by atoms with E-state index < -0.39 is 10.0 Å². The molecule has 2 unspecified atom stereocenters. The highest BCUT2D eigenvalue weighted by atomic mass is 35.5. The van der Waals surface area contributed by atoms with Crippen LogP contribution in [0.15, 0.2) is 47.5 Å². The third kappa shape index (κ3) is 6.46. The summed E-state index contributed by atoms with van der Waals surface area (Å²) in [5, 5.41) is 16.9. The Kier molecular flexibility index (Phi) is 9.06. The molecule has 230 valence electrons. The number of rotatable bonds is 8. The van der Waals surface area contributed by atoms with E-state index in [1.165, 1.54) is 21.6 Å². The largest absolute Gasteiger partial charge is 0.494 e. The number of β-amino-alcohol motifs (C(OH)–C–C–N with tert-alkyl or cyclic N) is 1. The van der Waals surface area contributed by atoms with E-state index >= 15 is 0 Å². The number of likely N-dealkylation sites (tertiary alicyclic amines) is 1. The Balaban J connectivity index is 1.22. The van der Waals surface area contributed by atoms with Crippen molar-refractivity contribution in [2.45, 2.75) is 68.4 Å². The number of fused-ring (bicyclic) bond motifs is 1. The summed E-state index contributed by atoms with van der Waals surface area (Å²) in [6.45, 7) is 2.83. The summed E-state index contributed by atoms with van der Waals surface area (Å²) in [5.74, 6) is 1.37. The van der Waals surface area contributed by atoms with Crippen LogP contribution in [0.3, 0.4) is 0 Å². The van der Waals surface area contributed by atoms with Crippen molar-refractivity contribution in [2.24, 2.45) is 0 Å². The third-order valence-corrected chi connectivity index (χ3v) is 11.0. The van der Waals surface area contributed by atoms with Crippen LogP contribution >= 0.6 is 11.6 Å². The molecule has 0 saturated carbocycles. The van der Waals surface area contributed by atoms with Gasteiger partial charge in [0.2, 0.25) is 16.0 Å². The molecule has 10 nitrogen and oxygen atoms in total. The number of hydrogen-bond donors (Lipinski definition) is 3. The first-order chi connectivity index (χ1) is 20.8. The molecule has 0 amide bonds. The first kappa shape index (κ1) is 30.1. The van der Waals surface area contributed by atoms with Crippen LogP contribution in [0.5, 0.6) is 5.75 Å². The van der Waals surface area contributed by atoms with Crippen molar-refractivity contribution < 1.29 is 18.3 Å². The molecule has 6 rings (SSSR count). The number of sulfonamides is 1. The van der Waals surface area contributed by atoms with Gasteiger partial charge in [0.05, 0.1) is 30.8 Å². The second kappa shape index (κ2) is 13.0. The normalized spacial score (nSPS) is 21.7. The summed E-state index contributed by atoms with van der Waals surface area (Å²) < 4.78 is 34.2. The molecule has 2 aromatic carbocycles. The lowest BCUT2D eigenvalue weighted by molar-refractivity contribution is 0.0425. The number of aliphatic hydroxyl groups is 1. The lowest BCUT2D eigenvalue weighted by Gasteiger charge is -2.36. The van der Waals surface area contributed by atoms with E-state index in [4.69, 9.17) is 16.3 Å². The fourth-order valence-electron chi connectivity index (χ4n) is 6.59. The highest BCUT2D eigenvalue weighted by Gasteiger charge is 2.30. The molecule has 3 heterocycles. The molecular weight excluding hydrogens is 588 g/mol. The molecule has 12 heteroatoms. The molecule has 43 heavy (non-hydrogen) atoms. The number of nitrogens with zero attached hydrogens (tertiary/aromatic N) is 4. The Morgan fingerprint density at radius 3 is 2.56 bits per heavy atom. The van der Waals surface area contributed by atoms with Gasteiger partial charge in [-0.05, 0) is 87.2 Å². The number of aliphatic hydroxyl groups excluding tert-OH is 1. The van der Waals surface area contributed by atoms with Gasteiger partial charge in [-0.25, -0.2) is 13.4 Å². The first-order valence-electron chi connectivity index (χ1n) is 15.1. The van der Waals surface area contributed by atoms with Crippen LogP contribution in [-0.2, 0) is 22.9 Å². The number of hydrogen-bond acceptors (Lipinski definition) is 9. The molecular formula is C31H39ClN6O4S. The van der Waals surface area contributed by atoms with Gasteiger partial charge in [0.25, 0.3) is 0 Å². The van der Waals surface area contributed by atoms with Crippen LogP contribution < -0.4 is 15.4 Å². The number of methoxy groups -OCH3 is 1. The minimum absolute atomic E-state index is 0.186. The molecule has 0 spiro atoms. The Bertz CT molecular complexity index is 1570. The molecule has 1 aliphatic carbocycles. The number of ether oxygens (including phenoxy) is 1. The van der Waals surface area contributed by atoms with Gasteiger partial charge >= 0.3 is 0 Å². The number of para-hydroxylation sites is 1. The molecule has 2 aliphatic heterocycles. The number of benzene rings is 2. The third-order valence-electron chi connectivity index (χ3n) is 8.79. The fraction of sp³-hybridized carbons (Fsp3) is 0.484. The highest BCUT2D eigenvalue weighted by molar-refractivity contribution is 7.89. The summed E-state index contributed by atoms with van der Waals surface area (Å²) in [6, 6.07) is 11.4. The van der Waals surface area contributed by atoms with Gasteiger partial charge in [0, 0.05) is 25.7 Å². The predicted molar refractivity (Wildman–Crippen MR) is 168 cm³/mol. The maximum Gasteiger partial charge on any atom is 0.245 e. The van der Waals surface area contributed by atoms with Crippen LogP contribution in [0.4, 0.5) is 23.1 Å². The van der Waals surface area contributed by atoms with Gasteiger partial charge in [0.1, 0.15) is 15.7 Å². The molecule has 2 saturated heterocycles. The second-order valence-electron chi connectivity index (χ2n) is 11.6. The SMILES string of the molecule is COc1c(Nc2ncc(Cl)c(Nc3ccccc3S(=O)(=O)N3CCCC3)n2)ccc2c1CCC(N1CCCC(O)C1)CC2. The zero-order valence-corrected chi connectivity index (χ0v) is 26.0. The van der Waals surface area contributed by atoms with Crippen molar-refractivity contribution in [3.8, 4) is 5.75 Å². The Hall–Kier alpha value is -2.96. The van der Waals surface area contributed by atoms with Gasteiger partial charge < -0.3 is 20.5 Å². The number of aryl methyl sites for hydroxylation is 1. The van der Waals surface area contributed by atoms with Crippen molar-refractivity contribution in [2.75, 3.05) is 43.9 Å². The van der Waals surface area contributed by atoms with Gasteiger partial charge in [-0.15, -0.1) is 0 Å². The summed E-state index contributed by atoms with van der Waals surface area (Å²) in [7, 11) is -1.98. The molecule has 0 bridgehead atoms. The number of nitrogens with one attached hydrogen (secondary N) is 2. The van der Waals surface area contributed by atoms with E-state index in [0.29, 0.717) is 36.6 Å². The zero-order valence-electron chi connectivity index (χ0n) is 24.4. The van der Waals surface area contributed by atoms with Crippen LogP contribution in [0.25, 0.3) is 0 Å². The summed E-state index contributed by atoms with van der Waals surface area (Å²) in [5.41, 5.74) is 3.61. The average Bonchev–Trinajstić information content (AvgIpc) is 3.48. The van der Waals surface area contributed by atoms with Crippen LogP contribution in [0.1, 0.15) is 49.7 Å². The van der Waals surface area contributed by atoms with Crippen LogP contribution in [0, 0.1) is 0 Å². The number of piperidine rings is 1. The first-order valence-corrected chi connectivity index (χ1v) is 16.9. The van der Waals surface area contributed by atoms with E-state index in [9.17, 15) is 13.5 Å². The molecule has 0 radical (unpaired) electrons. The minimum atomic E-state index is -3.66. The topological polar surface area (TPSA) is 120 Å². The van der Waals surface area contributed by atoms with Crippen molar-refractivity contribution in [3.63, 3.8) is 0 Å². The Morgan fingerprint density at radius 2 is 1.77 bits per heavy atom. The van der Waals surface area contributed by atoms with Crippen LogP contribution in [0.2, 0.25) is 5.02 Å². The van der Waals surface area contributed by atoms with Gasteiger partial charge in [-0.3, -0.25) is 4.90 Å². The second-order valence-corrected chi connectivity index (χ2v) is 13.9. The Morgan fingerprint density at radius 1 is 0.977 bits per heavy atom. The smallest absolute Gasteiger partial charge is 0.245 e. The summed E-state index contributed by atoms with van der Waals surface area (Å²) >= 11 is 6.48. The van der Waals surface area contributed by atoms with E-state index in [1.54, 1.807) is 31.4 Å². The van der Waals surface area contributed by atoms with Crippen LogP contribution in [-0.4, -0.2) is 78.1 Å². The standard InChI is InChI=1S/C31H39ClN6O4S/c1-42-29-24-14-13-22(37-16-6-7-23(39)20-37)12-10-21(24)11-15-27(29)35-31-33-19-25(32)30(36-31)34-26-8-2-3-9-28(26)43(40,41)38-17-4-5-18-38/h2-3,8-9,11,15,19,22-23,39H,4-7,10,12-14,16-18,20H2,1H3,(H2,33,34,35,36). The van der Waals surface area contributed by atoms with E-state index in [0.717, 1.165) is 75.9 Å². The van der Waals surface area contributed by atoms with E-state index in [1.807, 2.05) is 6.07 Å². The van der Waals surface area contributed by atoms with Crippen molar-refractivity contribution in [1.29, 1.82) is 0 Å². The Labute approximate surface area is 258 Å². The minimum Gasteiger partial charge on any atom is -0.494 e. The number of anilines is 4. The number of aromatic nitrogens is 2. The van der Waals surface area contributed by atoms with E-state index in [2.05, 4.69) is 31.6 Å².